The molecule has 0 aromatic heterocycles. The van der Waals surface area contributed by atoms with E-state index in [-0.39, 0.29) is 0 Å². The van der Waals surface area contributed by atoms with Crippen molar-refractivity contribution >= 4 is 0 Å². The molecule has 1 aliphatic carbocycles. The van der Waals surface area contributed by atoms with Crippen LogP contribution < -0.4 is 5.32 Å². The zero-order valence-electron chi connectivity index (χ0n) is 9.27. The molecule has 1 saturated carbocycles. The summed E-state index contributed by atoms with van der Waals surface area (Å²) < 4.78 is 0. The molecule has 1 N–H and O–H groups in total. The van der Waals surface area contributed by atoms with Crippen LogP contribution in [-0.4, -0.2) is 12.1 Å². The second kappa shape index (κ2) is 3.27. The van der Waals surface area contributed by atoms with Gasteiger partial charge in [-0.3, -0.25) is 0 Å². The molecule has 0 bridgehead atoms. The maximum atomic E-state index is 3.67. The van der Waals surface area contributed by atoms with Crippen molar-refractivity contribution in [2.75, 3.05) is 6.54 Å². The lowest BCUT2D eigenvalue weighted by molar-refractivity contribution is 0.199. The van der Waals surface area contributed by atoms with E-state index in [4.69, 9.17) is 0 Å². The summed E-state index contributed by atoms with van der Waals surface area (Å²) in [6, 6.07) is 0. The van der Waals surface area contributed by atoms with Gasteiger partial charge in [0.1, 0.15) is 0 Å². The van der Waals surface area contributed by atoms with Crippen molar-refractivity contribution in [1.82, 2.24) is 5.32 Å². The van der Waals surface area contributed by atoms with Gasteiger partial charge in [0.15, 0.2) is 0 Å². The van der Waals surface area contributed by atoms with E-state index in [0.29, 0.717) is 5.54 Å². The molecule has 1 heteroatoms. The summed E-state index contributed by atoms with van der Waals surface area (Å²) in [5.41, 5.74) is 0.397. The third-order valence-corrected chi connectivity index (χ3v) is 4.23. The van der Waals surface area contributed by atoms with Crippen LogP contribution in [0.25, 0.3) is 0 Å². The van der Waals surface area contributed by atoms with Crippen LogP contribution in [-0.2, 0) is 0 Å². The minimum absolute atomic E-state index is 0.397. The topological polar surface area (TPSA) is 12.0 Å². The van der Waals surface area contributed by atoms with E-state index in [1.165, 1.54) is 32.2 Å². The van der Waals surface area contributed by atoms with Crippen LogP contribution >= 0.6 is 0 Å². The highest BCUT2D eigenvalue weighted by Gasteiger charge is 2.44. The molecule has 2 unspecified atom stereocenters. The standard InChI is InChI=1S/C12H23N/c1-9-8-13-12(2,3)11(9)10-6-4-5-7-10/h9-11,13H,4-8H2,1-3H3. The maximum absolute atomic E-state index is 3.67. The summed E-state index contributed by atoms with van der Waals surface area (Å²) in [5, 5.41) is 3.67. The van der Waals surface area contributed by atoms with Gasteiger partial charge >= 0.3 is 0 Å². The smallest absolute Gasteiger partial charge is 0.0159 e. The molecule has 13 heavy (non-hydrogen) atoms. The highest BCUT2D eigenvalue weighted by Crippen LogP contribution is 2.43. The second-order valence-corrected chi connectivity index (χ2v) is 5.65. The lowest BCUT2D eigenvalue weighted by Gasteiger charge is -2.34. The highest BCUT2D eigenvalue weighted by molar-refractivity contribution is 4.99. The fraction of sp³-hybridized carbons (Fsp3) is 1.00. The molecule has 0 aromatic carbocycles. The monoisotopic (exact) mass is 181 g/mol. The molecule has 1 heterocycles. The quantitative estimate of drug-likeness (QED) is 0.656. The van der Waals surface area contributed by atoms with E-state index in [0.717, 1.165) is 17.8 Å². The van der Waals surface area contributed by atoms with Gasteiger partial charge in [-0.1, -0.05) is 32.6 Å². The maximum Gasteiger partial charge on any atom is 0.0159 e. The van der Waals surface area contributed by atoms with Crippen molar-refractivity contribution in [1.29, 1.82) is 0 Å². The van der Waals surface area contributed by atoms with Crippen LogP contribution in [0.4, 0.5) is 0 Å². The second-order valence-electron chi connectivity index (χ2n) is 5.65. The van der Waals surface area contributed by atoms with Gasteiger partial charge < -0.3 is 5.32 Å². The van der Waals surface area contributed by atoms with Gasteiger partial charge in [-0.05, 0) is 38.1 Å². The van der Waals surface area contributed by atoms with Crippen molar-refractivity contribution in [3.63, 3.8) is 0 Å². The Morgan fingerprint density at radius 3 is 2.23 bits per heavy atom. The molecule has 0 aromatic rings. The molecule has 1 aliphatic heterocycles. The summed E-state index contributed by atoms with van der Waals surface area (Å²) in [6.07, 6.45) is 5.92. The summed E-state index contributed by atoms with van der Waals surface area (Å²) in [7, 11) is 0. The zero-order valence-corrected chi connectivity index (χ0v) is 9.27. The summed E-state index contributed by atoms with van der Waals surface area (Å²) in [5.74, 6) is 2.83. The van der Waals surface area contributed by atoms with Crippen LogP contribution in [0.2, 0.25) is 0 Å². The predicted octanol–water partition coefficient (Wildman–Crippen LogP) is 2.81. The highest BCUT2D eigenvalue weighted by atomic mass is 15.0. The molecule has 0 radical (unpaired) electrons. The van der Waals surface area contributed by atoms with Crippen LogP contribution in [0.3, 0.4) is 0 Å². The average Bonchev–Trinajstić information content (AvgIpc) is 2.60. The lowest BCUT2D eigenvalue weighted by atomic mass is 9.74. The Balaban J connectivity index is 2.09. The first kappa shape index (κ1) is 9.51. The molecule has 0 amide bonds. The van der Waals surface area contributed by atoms with Crippen molar-refractivity contribution in [2.24, 2.45) is 17.8 Å². The summed E-state index contributed by atoms with van der Waals surface area (Å²) >= 11 is 0. The molecule has 2 fully saturated rings. The first-order chi connectivity index (χ1) is 6.11. The SMILES string of the molecule is CC1CNC(C)(C)C1C1CCCC1. The van der Waals surface area contributed by atoms with Gasteiger partial charge in [-0.15, -0.1) is 0 Å². The first-order valence-electron chi connectivity index (χ1n) is 5.86. The molecule has 2 atom stereocenters. The molecule has 1 saturated heterocycles. The minimum atomic E-state index is 0.397. The summed E-state index contributed by atoms with van der Waals surface area (Å²) in [4.78, 5) is 0. The fourth-order valence-electron chi connectivity index (χ4n) is 3.75. The average molecular weight is 181 g/mol. The Morgan fingerprint density at radius 2 is 1.77 bits per heavy atom. The normalized spacial score (nSPS) is 39.9. The Kier molecular flexibility index (Phi) is 2.39. The molecular formula is C12H23N. The van der Waals surface area contributed by atoms with Gasteiger partial charge in [-0.2, -0.15) is 0 Å². The van der Waals surface area contributed by atoms with Crippen molar-refractivity contribution in [3.05, 3.63) is 0 Å². The van der Waals surface area contributed by atoms with Gasteiger partial charge in [-0.25, -0.2) is 0 Å². The lowest BCUT2D eigenvalue weighted by Crippen LogP contribution is -2.41. The van der Waals surface area contributed by atoms with E-state index in [2.05, 4.69) is 26.1 Å². The van der Waals surface area contributed by atoms with Crippen molar-refractivity contribution in [2.45, 2.75) is 52.0 Å². The van der Waals surface area contributed by atoms with E-state index < -0.39 is 0 Å². The Morgan fingerprint density at radius 1 is 1.15 bits per heavy atom. The van der Waals surface area contributed by atoms with Crippen LogP contribution in [0.1, 0.15) is 46.5 Å². The van der Waals surface area contributed by atoms with Crippen LogP contribution in [0.15, 0.2) is 0 Å². The fourth-order valence-corrected chi connectivity index (χ4v) is 3.75. The van der Waals surface area contributed by atoms with E-state index >= 15 is 0 Å². The van der Waals surface area contributed by atoms with Gasteiger partial charge in [0.05, 0.1) is 0 Å². The van der Waals surface area contributed by atoms with E-state index in [1.807, 2.05) is 0 Å². The van der Waals surface area contributed by atoms with Gasteiger partial charge in [0, 0.05) is 5.54 Å². The van der Waals surface area contributed by atoms with Crippen LogP contribution in [0, 0.1) is 17.8 Å². The third kappa shape index (κ3) is 1.63. The largest absolute Gasteiger partial charge is 0.311 e. The molecular weight excluding hydrogens is 158 g/mol. The van der Waals surface area contributed by atoms with Gasteiger partial charge in [0.2, 0.25) is 0 Å². The Labute approximate surface area is 82.3 Å². The number of hydrogen-bond donors (Lipinski definition) is 1. The zero-order chi connectivity index (χ0) is 9.47. The first-order valence-corrected chi connectivity index (χ1v) is 5.86. The van der Waals surface area contributed by atoms with Crippen molar-refractivity contribution in [3.8, 4) is 0 Å². The number of nitrogens with one attached hydrogen (secondary N) is 1. The van der Waals surface area contributed by atoms with Crippen LogP contribution in [0.5, 0.6) is 0 Å². The molecule has 0 spiro atoms. The minimum Gasteiger partial charge on any atom is -0.311 e. The van der Waals surface area contributed by atoms with Crippen molar-refractivity contribution < 1.29 is 0 Å². The predicted molar refractivity (Wildman–Crippen MR) is 56.7 cm³/mol. The Bertz CT molecular complexity index is 180. The molecule has 76 valence electrons. The molecule has 2 rings (SSSR count). The number of hydrogen-bond acceptors (Lipinski definition) is 1. The third-order valence-electron chi connectivity index (χ3n) is 4.23. The van der Waals surface area contributed by atoms with E-state index in [1.54, 1.807) is 0 Å². The van der Waals surface area contributed by atoms with E-state index in [9.17, 15) is 0 Å². The summed E-state index contributed by atoms with van der Waals surface area (Å²) in [6.45, 7) is 8.43. The molecule has 1 nitrogen and oxygen atoms in total. The number of rotatable bonds is 1. The Hall–Kier alpha value is -0.0400. The molecule has 2 aliphatic rings. The van der Waals surface area contributed by atoms with Gasteiger partial charge in [0.25, 0.3) is 0 Å².